The number of ether oxygens (including phenoxy) is 1. The van der Waals surface area contributed by atoms with Crippen molar-refractivity contribution in [3.8, 4) is 22.9 Å². The van der Waals surface area contributed by atoms with E-state index in [-0.39, 0.29) is 5.91 Å². The van der Waals surface area contributed by atoms with Crippen LogP contribution in [0.2, 0.25) is 0 Å². The summed E-state index contributed by atoms with van der Waals surface area (Å²) in [4.78, 5) is 12.2. The van der Waals surface area contributed by atoms with Crippen molar-refractivity contribution >= 4 is 5.91 Å². The normalized spacial score (nSPS) is 11.0. The lowest BCUT2D eigenvalue weighted by atomic mass is 10.1. The number of carbonyl (C=O) groups is 1. The van der Waals surface area contributed by atoms with Gasteiger partial charge >= 0.3 is 0 Å². The molecule has 0 fully saturated rings. The topological polar surface area (TPSA) is 77.2 Å². The number of hydrogen-bond donors (Lipinski definition) is 1. The van der Waals surface area contributed by atoms with Crippen molar-refractivity contribution in [1.29, 1.82) is 0 Å². The molecule has 0 atom stereocenters. The second kappa shape index (κ2) is 9.98. The Bertz CT molecular complexity index is 915. The van der Waals surface area contributed by atoms with Gasteiger partial charge in [0.1, 0.15) is 0 Å². The van der Waals surface area contributed by atoms with E-state index in [0.29, 0.717) is 36.4 Å². The molecule has 6 heteroatoms. The van der Waals surface area contributed by atoms with Gasteiger partial charge in [0.15, 0.2) is 0 Å². The maximum absolute atomic E-state index is 12.2. The molecule has 0 saturated heterocycles. The average molecular weight is 393 g/mol. The Kier molecular flexibility index (Phi) is 7.14. The fraction of sp³-hybridized carbons (Fsp3) is 0.348. The number of nitrogens with zero attached hydrogens (tertiary/aromatic N) is 2. The predicted octanol–water partition coefficient (Wildman–Crippen LogP) is 4.50. The molecule has 2 aromatic carbocycles. The summed E-state index contributed by atoms with van der Waals surface area (Å²) in [5, 5.41) is 11.1. The van der Waals surface area contributed by atoms with E-state index in [1.54, 1.807) is 12.1 Å². The van der Waals surface area contributed by atoms with Crippen LogP contribution >= 0.6 is 0 Å². The highest BCUT2D eigenvalue weighted by Gasteiger charge is 2.11. The van der Waals surface area contributed by atoms with E-state index >= 15 is 0 Å². The van der Waals surface area contributed by atoms with Crippen LogP contribution in [0.3, 0.4) is 0 Å². The quantitative estimate of drug-likeness (QED) is 0.542. The number of benzene rings is 2. The van der Waals surface area contributed by atoms with Crippen LogP contribution in [0.4, 0.5) is 0 Å². The minimum absolute atomic E-state index is 0.105. The molecule has 0 saturated carbocycles. The van der Waals surface area contributed by atoms with E-state index in [1.807, 2.05) is 43.3 Å². The molecule has 0 bridgehead atoms. The smallest absolute Gasteiger partial charge is 0.251 e. The Hall–Kier alpha value is -2.99. The number of nitrogens with one attached hydrogen (secondary N) is 1. The van der Waals surface area contributed by atoms with Gasteiger partial charge in [-0.2, -0.15) is 0 Å². The third-order valence-electron chi connectivity index (χ3n) is 4.32. The Morgan fingerprint density at radius 1 is 1.00 bits per heavy atom. The maximum Gasteiger partial charge on any atom is 0.251 e. The number of aromatic nitrogens is 2. The fourth-order valence-corrected chi connectivity index (χ4v) is 2.71. The van der Waals surface area contributed by atoms with Gasteiger partial charge in [-0.3, -0.25) is 4.79 Å². The summed E-state index contributed by atoms with van der Waals surface area (Å²) >= 11 is 0. The first-order valence-electron chi connectivity index (χ1n) is 9.90. The second-order valence-electron chi connectivity index (χ2n) is 7.43. The van der Waals surface area contributed by atoms with Gasteiger partial charge in [0, 0.05) is 36.4 Å². The van der Waals surface area contributed by atoms with Gasteiger partial charge in [0.2, 0.25) is 11.8 Å². The molecule has 0 aliphatic carbocycles. The third kappa shape index (κ3) is 5.99. The molecule has 0 unspecified atom stereocenters. The van der Waals surface area contributed by atoms with Crippen LogP contribution in [0, 0.1) is 12.8 Å². The lowest BCUT2D eigenvalue weighted by molar-refractivity contribution is 0.0925. The molecule has 3 rings (SSSR count). The summed E-state index contributed by atoms with van der Waals surface area (Å²) in [5.74, 6) is 1.32. The first-order valence-corrected chi connectivity index (χ1v) is 9.90. The van der Waals surface area contributed by atoms with Crippen LogP contribution in [-0.2, 0) is 4.74 Å². The average Bonchev–Trinajstić information content (AvgIpc) is 3.21. The predicted molar refractivity (Wildman–Crippen MR) is 113 cm³/mol. The minimum atomic E-state index is -0.105. The van der Waals surface area contributed by atoms with Gasteiger partial charge in [0.05, 0.1) is 0 Å². The second-order valence-corrected chi connectivity index (χ2v) is 7.43. The summed E-state index contributed by atoms with van der Waals surface area (Å²) in [6.07, 6.45) is 0.792. The number of carbonyl (C=O) groups excluding carboxylic acids is 1. The lowest BCUT2D eigenvalue weighted by Crippen LogP contribution is -2.25. The lowest BCUT2D eigenvalue weighted by Gasteiger charge is -2.08. The zero-order valence-corrected chi connectivity index (χ0v) is 17.1. The molecule has 1 amide bonds. The van der Waals surface area contributed by atoms with Crippen molar-refractivity contribution in [3.05, 3.63) is 59.7 Å². The Labute approximate surface area is 171 Å². The van der Waals surface area contributed by atoms with E-state index < -0.39 is 0 Å². The highest BCUT2D eigenvalue weighted by Crippen LogP contribution is 2.24. The maximum atomic E-state index is 12.2. The molecule has 1 aromatic heterocycles. The van der Waals surface area contributed by atoms with Gasteiger partial charge in [-0.15, -0.1) is 10.2 Å². The summed E-state index contributed by atoms with van der Waals surface area (Å²) in [5.41, 5.74) is 3.41. The van der Waals surface area contributed by atoms with Gasteiger partial charge in [-0.05, 0) is 55.7 Å². The van der Waals surface area contributed by atoms with Crippen molar-refractivity contribution in [2.24, 2.45) is 5.92 Å². The molecule has 3 aromatic rings. The van der Waals surface area contributed by atoms with Crippen LogP contribution in [0.1, 0.15) is 36.2 Å². The standard InChI is InChI=1S/C23H27N3O3/c1-16(2)15-28-14-4-13-24-21(27)18-9-11-20(12-10-18)23-26-25-22(29-23)19-7-5-17(3)6-8-19/h5-12,16H,4,13-15H2,1-3H3,(H,24,27). The van der Waals surface area contributed by atoms with Crippen LogP contribution in [0.25, 0.3) is 22.9 Å². The van der Waals surface area contributed by atoms with E-state index in [0.717, 1.165) is 24.2 Å². The van der Waals surface area contributed by atoms with Crippen LogP contribution in [0.15, 0.2) is 52.9 Å². The Morgan fingerprint density at radius 2 is 1.59 bits per heavy atom. The Morgan fingerprint density at radius 3 is 2.17 bits per heavy atom. The molecule has 0 aliphatic heterocycles. The van der Waals surface area contributed by atoms with E-state index in [4.69, 9.17) is 9.15 Å². The van der Waals surface area contributed by atoms with Gasteiger partial charge in [-0.25, -0.2) is 0 Å². The van der Waals surface area contributed by atoms with Gasteiger partial charge < -0.3 is 14.5 Å². The van der Waals surface area contributed by atoms with Crippen molar-refractivity contribution in [2.75, 3.05) is 19.8 Å². The van der Waals surface area contributed by atoms with Gasteiger partial charge in [-0.1, -0.05) is 31.5 Å². The van der Waals surface area contributed by atoms with Crippen LogP contribution in [0.5, 0.6) is 0 Å². The molecule has 152 valence electrons. The van der Waals surface area contributed by atoms with E-state index in [1.165, 1.54) is 5.56 Å². The van der Waals surface area contributed by atoms with E-state index in [2.05, 4.69) is 29.4 Å². The summed E-state index contributed by atoms with van der Waals surface area (Å²) in [6.45, 7) is 8.24. The van der Waals surface area contributed by atoms with Gasteiger partial charge in [0.25, 0.3) is 5.91 Å². The van der Waals surface area contributed by atoms with Crippen molar-refractivity contribution in [2.45, 2.75) is 27.2 Å². The van der Waals surface area contributed by atoms with Crippen molar-refractivity contribution in [3.63, 3.8) is 0 Å². The largest absolute Gasteiger partial charge is 0.416 e. The molecule has 0 radical (unpaired) electrons. The monoisotopic (exact) mass is 393 g/mol. The molecule has 0 spiro atoms. The SMILES string of the molecule is Cc1ccc(-c2nnc(-c3ccc(C(=O)NCCCOCC(C)C)cc3)o2)cc1. The molecule has 29 heavy (non-hydrogen) atoms. The highest BCUT2D eigenvalue weighted by molar-refractivity contribution is 5.94. The van der Waals surface area contributed by atoms with E-state index in [9.17, 15) is 4.79 Å². The fourth-order valence-electron chi connectivity index (χ4n) is 2.71. The highest BCUT2D eigenvalue weighted by atomic mass is 16.5. The number of hydrogen-bond acceptors (Lipinski definition) is 5. The van der Waals surface area contributed by atoms with Crippen LogP contribution in [-0.4, -0.2) is 35.9 Å². The zero-order valence-electron chi connectivity index (χ0n) is 17.1. The first-order chi connectivity index (χ1) is 14.0. The molecule has 0 aliphatic rings. The number of aryl methyl sites for hydroxylation is 1. The first kappa shape index (κ1) is 20.7. The van der Waals surface area contributed by atoms with Crippen molar-refractivity contribution in [1.82, 2.24) is 15.5 Å². The molecular weight excluding hydrogens is 366 g/mol. The summed E-state index contributed by atoms with van der Waals surface area (Å²) in [6, 6.07) is 15.1. The van der Waals surface area contributed by atoms with Crippen LogP contribution < -0.4 is 5.32 Å². The molecule has 6 nitrogen and oxygen atoms in total. The molecule has 1 heterocycles. The molecule has 1 N–H and O–H groups in total. The summed E-state index contributed by atoms with van der Waals surface area (Å²) in [7, 11) is 0. The minimum Gasteiger partial charge on any atom is -0.416 e. The third-order valence-corrected chi connectivity index (χ3v) is 4.32. The van der Waals surface area contributed by atoms with Crippen molar-refractivity contribution < 1.29 is 13.9 Å². The summed E-state index contributed by atoms with van der Waals surface area (Å²) < 4.78 is 11.3. The Balaban J connectivity index is 1.53. The zero-order chi connectivity index (χ0) is 20.6. The number of rotatable bonds is 9. The molecular formula is C23H27N3O3. The number of amides is 1.